The van der Waals surface area contributed by atoms with E-state index in [1.54, 1.807) is 46.2 Å². The topological polar surface area (TPSA) is 127 Å². The molecule has 0 saturated carbocycles. The van der Waals surface area contributed by atoms with Crippen molar-refractivity contribution in [1.82, 2.24) is 29.6 Å². The van der Waals surface area contributed by atoms with Crippen LogP contribution in [0.15, 0.2) is 55.2 Å². The zero-order chi connectivity index (χ0) is 21.4. The summed E-state index contributed by atoms with van der Waals surface area (Å²) in [5.74, 6) is -0.164. The quantitative estimate of drug-likeness (QED) is 0.552. The molecule has 5 rings (SSSR count). The first kappa shape index (κ1) is 18.5. The van der Waals surface area contributed by atoms with Crippen molar-refractivity contribution in [2.75, 3.05) is 13.1 Å². The van der Waals surface area contributed by atoms with Crippen LogP contribution >= 0.6 is 0 Å². The molecule has 9 heteroatoms. The summed E-state index contributed by atoms with van der Waals surface area (Å²) in [7, 11) is 0. The number of hydrogen-bond donors (Lipinski definition) is 1. The van der Waals surface area contributed by atoms with Crippen LogP contribution in [0.1, 0.15) is 22.3 Å². The summed E-state index contributed by atoms with van der Waals surface area (Å²) in [5, 5.41) is 23.9. The minimum Gasteiger partial charge on any atom is -0.346 e. The van der Waals surface area contributed by atoms with Crippen LogP contribution in [0.4, 0.5) is 0 Å². The smallest absolute Gasteiger partial charge is 0.254 e. The van der Waals surface area contributed by atoms with Crippen molar-refractivity contribution in [1.29, 1.82) is 10.5 Å². The number of nitrogens with one attached hydrogen (secondary N) is 1. The number of likely N-dealkylation sites (tertiary alicyclic amines) is 1. The van der Waals surface area contributed by atoms with Crippen LogP contribution in [0, 0.1) is 22.7 Å². The number of hydrogen-bond acceptors (Lipinski definition) is 6. The first-order chi connectivity index (χ1) is 15.1. The van der Waals surface area contributed by atoms with Crippen molar-refractivity contribution >= 4 is 16.9 Å². The van der Waals surface area contributed by atoms with Gasteiger partial charge in [0.1, 0.15) is 17.5 Å². The average molecular weight is 408 g/mol. The lowest BCUT2D eigenvalue weighted by Crippen LogP contribution is -2.64. The van der Waals surface area contributed by atoms with E-state index in [0.717, 1.165) is 22.3 Å². The molecule has 1 amide bonds. The maximum absolute atomic E-state index is 12.8. The van der Waals surface area contributed by atoms with Gasteiger partial charge in [-0.1, -0.05) is 6.07 Å². The van der Waals surface area contributed by atoms with Gasteiger partial charge in [0.2, 0.25) is 0 Å². The summed E-state index contributed by atoms with van der Waals surface area (Å²) >= 11 is 0. The van der Waals surface area contributed by atoms with Crippen LogP contribution in [-0.2, 0) is 5.54 Å². The summed E-state index contributed by atoms with van der Waals surface area (Å²) < 4.78 is 1.77. The van der Waals surface area contributed by atoms with E-state index in [9.17, 15) is 10.1 Å². The second-order valence-electron chi connectivity index (χ2n) is 7.55. The van der Waals surface area contributed by atoms with Gasteiger partial charge < -0.3 is 9.88 Å². The molecule has 4 heterocycles. The molecule has 1 fully saturated rings. The van der Waals surface area contributed by atoms with Crippen molar-refractivity contribution in [3.05, 3.63) is 66.4 Å². The molecular formula is C22H16N8O. The van der Waals surface area contributed by atoms with Gasteiger partial charge in [-0.2, -0.15) is 15.6 Å². The van der Waals surface area contributed by atoms with Gasteiger partial charge in [0.25, 0.3) is 5.91 Å². The van der Waals surface area contributed by atoms with E-state index in [1.165, 1.54) is 6.33 Å². The summed E-state index contributed by atoms with van der Waals surface area (Å²) in [5.41, 5.74) is 2.61. The molecule has 4 aromatic rings. The molecule has 0 aliphatic carbocycles. The largest absolute Gasteiger partial charge is 0.346 e. The number of carbonyl (C=O) groups excluding carboxylic acids is 1. The zero-order valence-electron chi connectivity index (χ0n) is 16.4. The first-order valence-corrected chi connectivity index (χ1v) is 9.63. The number of H-pyrrole nitrogens is 1. The van der Waals surface area contributed by atoms with Crippen LogP contribution in [-0.4, -0.2) is 48.6 Å². The van der Waals surface area contributed by atoms with E-state index in [1.807, 2.05) is 18.3 Å². The Morgan fingerprint density at radius 1 is 1.23 bits per heavy atom. The Bertz CT molecular complexity index is 1380. The number of aromatic amines is 1. The van der Waals surface area contributed by atoms with Gasteiger partial charge in [-0.25, -0.2) is 9.97 Å². The molecule has 1 aliphatic heterocycles. The third-order valence-corrected chi connectivity index (χ3v) is 5.60. The Balaban J connectivity index is 1.42. The molecule has 0 unspecified atom stereocenters. The molecule has 150 valence electrons. The third kappa shape index (κ3) is 3.00. The molecule has 3 aromatic heterocycles. The van der Waals surface area contributed by atoms with Gasteiger partial charge in [-0.3, -0.25) is 9.48 Å². The molecule has 0 radical (unpaired) electrons. The van der Waals surface area contributed by atoms with E-state index in [0.29, 0.717) is 24.2 Å². The van der Waals surface area contributed by atoms with Gasteiger partial charge in [-0.05, 0) is 24.3 Å². The number of aromatic nitrogens is 5. The van der Waals surface area contributed by atoms with E-state index in [4.69, 9.17) is 5.26 Å². The van der Waals surface area contributed by atoms with Crippen LogP contribution in [0.3, 0.4) is 0 Å². The van der Waals surface area contributed by atoms with Crippen molar-refractivity contribution in [2.24, 2.45) is 0 Å². The van der Waals surface area contributed by atoms with Crippen LogP contribution in [0.5, 0.6) is 0 Å². The predicted octanol–water partition coefficient (Wildman–Crippen LogP) is 2.46. The Kier molecular flexibility index (Phi) is 4.23. The van der Waals surface area contributed by atoms with Gasteiger partial charge in [0.05, 0.1) is 36.0 Å². The molecule has 0 spiro atoms. The van der Waals surface area contributed by atoms with Gasteiger partial charge >= 0.3 is 0 Å². The molecule has 1 saturated heterocycles. The maximum Gasteiger partial charge on any atom is 0.254 e. The lowest BCUT2D eigenvalue weighted by molar-refractivity contribution is 0.00858. The van der Waals surface area contributed by atoms with Gasteiger partial charge in [0, 0.05) is 42.0 Å². The molecule has 9 nitrogen and oxygen atoms in total. The highest BCUT2D eigenvalue weighted by Crippen LogP contribution is 2.35. The van der Waals surface area contributed by atoms with Crippen LogP contribution in [0.2, 0.25) is 0 Å². The average Bonchev–Trinajstić information content (AvgIpc) is 3.45. The number of fused-ring (bicyclic) bond motifs is 1. The number of amides is 1. The maximum atomic E-state index is 12.8. The minimum atomic E-state index is -0.597. The number of rotatable bonds is 4. The van der Waals surface area contributed by atoms with Gasteiger partial charge in [0.15, 0.2) is 0 Å². The Labute approximate surface area is 177 Å². The Hall–Kier alpha value is -4.50. The summed E-state index contributed by atoms with van der Waals surface area (Å²) in [6.07, 6.45) is 7.11. The molecule has 0 atom stereocenters. The Morgan fingerprint density at radius 3 is 2.90 bits per heavy atom. The number of nitrogens with zero attached hydrogens (tertiary/aromatic N) is 7. The lowest BCUT2D eigenvalue weighted by atomic mass is 9.86. The molecule has 1 N–H and O–H groups in total. The standard InChI is InChI=1S/C22H16N8O/c23-6-5-22(12-29(13-22)21(31)16-3-1-2-15(8-16)9-24)30-11-17(10-28-30)19-18-4-7-25-20(18)27-14-26-19/h1-4,7-8,10-11,14H,5,12-13H2,(H,25,26,27). The second kappa shape index (κ2) is 7.08. The van der Waals surface area contributed by atoms with E-state index in [-0.39, 0.29) is 12.3 Å². The fourth-order valence-electron chi connectivity index (χ4n) is 4.00. The van der Waals surface area contributed by atoms with Crippen molar-refractivity contribution < 1.29 is 4.79 Å². The van der Waals surface area contributed by atoms with Crippen molar-refractivity contribution in [3.63, 3.8) is 0 Å². The molecule has 0 bridgehead atoms. The van der Waals surface area contributed by atoms with Crippen LogP contribution in [0.25, 0.3) is 22.3 Å². The normalized spacial score (nSPS) is 14.6. The lowest BCUT2D eigenvalue weighted by Gasteiger charge is -2.49. The van der Waals surface area contributed by atoms with Crippen molar-refractivity contribution in [2.45, 2.75) is 12.0 Å². The summed E-state index contributed by atoms with van der Waals surface area (Å²) in [4.78, 5) is 26.2. The molecule has 1 aliphatic rings. The van der Waals surface area contributed by atoms with E-state index < -0.39 is 5.54 Å². The highest BCUT2D eigenvalue weighted by Gasteiger charge is 2.47. The third-order valence-electron chi connectivity index (χ3n) is 5.60. The number of nitriles is 2. The second-order valence-corrected chi connectivity index (χ2v) is 7.55. The minimum absolute atomic E-state index is 0.164. The van der Waals surface area contributed by atoms with E-state index in [2.05, 4.69) is 26.1 Å². The Morgan fingerprint density at radius 2 is 2.10 bits per heavy atom. The zero-order valence-corrected chi connectivity index (χ0v) is 16.4. The highest BCUT2D eigenvalue weighted by atomic mass is 16.2. The highest BCUT2D eigenvalue weighted by molar-refractivity contribution is 5.95. The SMILES string of the molecule is N#CCC1(n2cc(-c3ncnc4[nH]ccc34)cn2)CN(C(=O)c2cccc(C#N)c2)C1. The predicted molar refractivity (Wildman–Crippen MR) is 110 cm³/mol. The van der Waals surface area contributed by atoms with Crippen LogP contribution < -0.4 is 0 Å². The van der Waals surface area contributed by atoms with Crippen molar-refractivity contribution in [3.8, 4) is 23.4 Å². The monoisotopic (exact) mass is 408 g/mol. The number of carbonyl (C=O) groups is 1. The molecule has 1 aromatic carbocycles. The fraction of sp³-hybridized carbons (Fsp3) is 0.182. The van der Waals surface area contributed by atoms with E-state index >= 15 is 0 Å². The first-order valence-electron chi connectivity index (χ1n) is 9.63. The fourth-order valence-corrected chi connectivity index (χ4v) is 4.00. The van der Waals surface area contributed by atoms with Gasteiger partial charge in [-0.15, -0.1) is 0 Å². The summed E-state index contributed by atoms with van der Waals surface area (Å²) in [6, 6.07) is 12.8. The summed E-state index contributed by atoms with van der Waals surface area (Å²) in [6.45, 7) is 0.723. The number of benzene rings is 1. The molecular weight excluding hydrogens is 392 g/mol. The molecule has 31 heavy (non-hydrogen) atoms.